The maximum absolute atomic E-state index is 14.4. The van der Waals surface area contributed by atoms with Crippen LogP contribution in [0.1, 0.15) is 29.9 Å². The topological polar surface area (TPSA) is 60.8 Å². The SMILES string of the molecule is O=C(O)N1CCCC1[C@H](O)[C@H](c1ccccc1)c1ccccc1F. The number of aliphatic hydroxyl groups is 1. The van der Waals surface area contributed by atoms with Crippen molar-refractivity contribution in [2.45, 2.75) is 30.9 Å². The Morgan fingerprint density at radius 1 is 1.12 bits per heavy atom. The normalized spacial score (nSPS) is 19.9. The Morgan fingerprint density at radius 2 is 1.79 bits per heavy atom. The number of benzene rings is 2. The van der Waals surface area contributed by atoms with E-state index in [2.05, 4.69) is 0 Å². The Kier molecular flexibility index (Phi) is 4.81. The summed E-state index contributed by atoms with van der Waals surface area (Å²) < 4.78 is 14.4. The summed E-state index contributed by atoms with van der Waals surface area (Å²) in [5.74, 6) is -1.01. The third-order valence-electron chi connectivity index (χ3n) is 4.68. The monoisotopic (exact) mass is 329 g/mol. The van der Waals surface area contributed by atoms with Crippen molar-refractivity contribution in [1.82, 2.24) is 4.90 Å². The first-order valence-corrected chi connectivity index (χ1v) is 8.06. The van der Waals surface area contributed by atoms with Crippen LogP contribution in [0.3, 0.4) is 0 Å². The van der Waals surface area contributed by atoms with E-state index in [1.165, 1.54) is 11.0 Å². The van der Waals surface area contributed by atoms with Crippen LogP contribution in [0.25, 0.3) is 0 Å². The van der Waals surface area contributed by atoms with Gasteiger partial charge in [-0.3, -0.25) is 0 Å². The molecule has 1 amide bonds. The van der Waals surface area contributed by atoms with E-state index in [0.717, 1.165) is 5.56 Å². The highest BCUT2D eigenvalue weighted by atomic mass is 19.1. The van der Waals surface area contributed by atoms with Crippen LogP contribution >= 0.6 is 0 Å². The fourth-order valence-corrected chi connectivity index (χ4v) is 3.56. The lowest BCUT2D eigenvalue weighted by Gasteiger charge is -2.32. The van der Waals surface area contributed by atoms with Crippen LogP contribution < -0.4 is 0 Å². The van der Waals surface area contributed by atoms with Gasteiger partial charge in [0.2, 0.25) is 0 Å². The molecule has 3 atom stereocenters. The lowest BCUT2D eigenvalue weighted by molar-refractivity contribution is 0.0577. The maximum Gasteiger partial charge on any atom is 0.407 e. The number of hydrogen-bond donors (Lipinski definition) is 2. The second-order valence-corrected chi connectivity index (χ2v) is 6.09. The van der Waals surface area contributed by atoms with E-state index in [9.17, 15) is 19.4 Å². The third-order valence-corrected chi connectivity index (χ3v) is 4.68. The summed E-state index contributed by atoms with van der Waals surface area (Å²) in [5, 5.41) is 20.3. The van der Waals surface area contributed by atoms with Crippen molar-refractivity contribution in [3.05, 3.63) is 71.5 Å². The van der Waals surface area contributed by atoms with Gasteiger partial charge in [-0.1, -0.05) is 48.5 Å². The number of halogens is 1. The molecule has 0 bridgehead atoms. The van der Waals surface area contributed by atoms with Gasteiger partial charge >= 0.3 is 6.09 Å². The molecule has 1 saturated heterocycles. The molecule has 0 aliphatic carbocycles. The molecule has 0 saturated carbocycles. The van der Waals surface area contributed by atoms with Crippen LogP contribution in [0.5, 0.6) is 0 Å². The minimum absolute atomic E-state index is 0.383. The fraction of sp³-hybridized carbons (Fsp3) is 0.316. The summed E-state index contributed by atoms with van der Waals surface area (Å²) in [4.78, 5) is 12.7. The van der Waals surface area contributed by atoms with Crippen molar-refractivity contribution in [2.24, 2.45) is 0 Å². The van der Waals surface area contributed by atoms with E-state index >= 15 is 0 Å². The van der Waals surface area contributed by atoms with Crippen LogP contribution in [0, 0.1) is 5.82 Å². The lowest BCUT2D eigenvalue weighted by atomic mass is 9.82. The molecular formula is C19H20FNO3. The van der Waals surface area contributed by atoms with Gasteiger partial charge in [-0.25, -0.2) is 9.18 Å². The van der Waals surface area contributed by atoms with E-state index in [0.29, 0.717) is 24.9 Å². The van der Waals surface area contributed by atoms with Gasteiger partial charge in [0.05, 0.1) is 12.1 Å². The van der Waals surface area contributed by atoms with Gasteiger partial charge in [-0.2, -0.15) is 0 Å². The highest BCUT2D eigenvalue weighted by Crippen LogP contribution is 2.35. The van der Waals surface area contributed by atoms with Gasteiger partial charge in [0.15, 0.2) is 0 Å². The van der Waals surface area contributed by atoms with Gasteiger partial charge < -0.3 is 15.1 Å². The molecule has 5 heteroatoms. The molecule has 3 rings (SSSR count). The molecule has 4 nitrogen and oxygen atoms in total. The molecule has 0 aromatic heterocycles. The molecule has 126 valence electrons. The van der Waals surface area contributed by atoms with Gasteiger partial charge in [-0.15, -0.1) is 0 Å². The first kappa shape index (κ1) is 16.5. The largest absolute Gasteiger partial charge is 0.465 e. The summed E-state index contributed by atoms with van der Waals surface area (Å²) in [6.45, 7) is 0.399. The highest BCUT2D eigenvalue weighted by Gasteiger charge is 2.39. The quantitative estimate of drug-likeness (QED) is 0.903. The summed E-state index contributed by atoms with van der Waals surface area (Å²) in [5.41, 5.74) is 1.15. The average Bonchev–Trinajstić information content (AvgIpc) is 3.08. The number of likely N-dealkylation sites (tertiary alicyclic amines) is 1. The van der Waals surface area contributed by atoms with Crippen molar-refractivity contribution in [1.29, 1.82) is 0 Å². The third kappa shape index (κ3) is 3.12. The second kappa shape index (κ2) is 7.01. The number of carboxylic acid groups (broad SMARTS) is 1. The zero-order valence-corrected chi connectivity index (χ0v) is 13.2. The Hall–Kier alpha value is -2.40. The first-order valence-electron chi connectivity index (χ1n) is 8.06. The number of hydrogen-bond acceptors (Lipinski definition) is 2. The zero-order chi connectivity index (χ0) is 17.1. The Balaban J connectivity index is 2.02. The molecule has 24 heavy (non-hydrogen) atoms. The van der Waals surface area contributed by atoms with E-state index < -0.39 is 30.0 Å². The smallest absolute Gasteiger partial charge is 0.407 e. The predicted octanol–water partition coefficient (Wildman–Crippen LogP) is 3.46. The summed E-state index contributed by atoms with van der Waals surface area (Å²) in [7, 11) is 0. The fourth-order valence-electron chi connectivity index (χ4n) is 3.56. The average molecular weight is 329 g/mol. The molecule has 2 N–H and O–H groups in total. The molecule has 1 aliphatic rings. The number of rotatable bonds is 4. The zero-order valence-electron chi connectivity index (χ0n) is 13.2. The summed E-state index contributed by atoms with van der Waals surface area (Å²) in [6, 6.07) is 15.0. The van der Waals surface area contributed by atoms with Crippen LogP contribution in [-0.4, -0.2) is 39.9 Å². The number of amides is 1. The molecule has 1 heterocycles. The summed E-state index contributed by atoms with van der Waals surface area (Å²) >= 11 is 0. The molecule has 1 fully saturated rings. The number of nitrogens with zero attached hydrogens (tertiary/aromatic N) is 1. The molecule has 0 radical (unpaired) electrons. The van der Waals surface area contributed by atoms with Crippen LogP contribution in [0.4, 0.5) is 9.18 Å². The van der Waals surface area contributed by atoms with Crippen molar-refractivity contribution in [3.8, 4) is 0 Å². The van der Waals surface area contributed by atoms with Crippen LogP contribution in [-0.2, 0) is 0 Å². The maximum atomic E-state index is 14.4. The first-order chi connectivity index (χ1) is 11.6. The Bertz CT molecular complexity index is 707. The minimum atomic E-state index is -1.04. The lowest BCUT2D eigenvalue weighted by Crippen LogP contribution is -2.45. The van der Waals surface area contributed by atoms with Gasteiger partial charge in [0, 0.05) is 12.5 Å². The van der Waals surface area contributed by atoms with E-state index in [4.69, 9.17) is 0 Å². The second-order valence-electron chi connectivity index (χ2n) is 6.09. The van der Waals surface area contributed by atoms with Gasteiger partial charge in [-0.05, 0) is 30.0 Å². The molecule has 2 aromatic rings. The van der Waals surface area contributed by atoms with Gasteiger partial charge in [0.25, 0.3) is 0 Å². The number of aliphatic hydroxyl groups excluding tert-OH is 1. The van der Waals surface area contributed by atoms with E-state index in [1.807, 2.05) is 30.3 Å². The van der Waals surface area contributed by atoms with Crippen molar-refractivity contribution >= 4 is 6.09 Å². The summed E-state index contributed by atoms with van der Waals surface area (Å²) in [6.07, 6.45) is -0.780. The Labute approximate surface area is 140 Å². The standard InChI is InChI=1S/C19H20FNO3/c20-15-10-5-4-9-14(15)17(13-7-2-1-3-8-13)18(22)16-11-6-12-21(16)19(23)24/h1-5,7-10,16-18,22H,6,11-12H2,(H,23,24)/t16?,17-,18+/m1/s1. The highest BCUT2D eigenvalue weighted by molar-refractivity contribution is 5.66. The van der Waals surface area contributed by atoms with Crippen molar-refractivity contribution < 1.29 is 19.4 Å². The predicted molar refractivity (Wildman–Crippen MR) is 88.4 cm³/mol. The molecule has 2 aromatic carbocycles. The van der Waals surface area contributed by atoms with Crippen LogP contribution in [0.15, 0.2) is 54.6 Å². The Morgan fingerprint density at radius 3 is 2.46 bits per heavy atom. The molecule has 0 spiro atoms. The number of carbonyl (C=O) groups is 1. The van der Waals surface area contributed by atoms with Crippen molar-refractivity contribution in [3.63, 3.8) is 0 Å². The minimum Gasteiger partial charge on any atom is -0.465 e. The molecule has 1 unspecified atom stereocenters. The van der Waals surface area contributed by atoms with Crippen molar-refractivity contribution in [2.75, 3.05) is 6.54 Å². The molecular weight excluding hydrogens is 309 g/mol. The van der Waals surface area contributed by atoms with E-state index in [-0.39, 0.29) is 0 Å². The van der Waals surface area contributed by atoms with E-state index in [1.54, 1.807) is 18.2 Å². The molecule has 1 aliphatic heterocycles. The van der Waals surface area contributed by atoms with Gasteiger partial charge in [0.1, 0.15) is 5.82 Å². The van der Waals surface area contributed by atoms with Crippen LogP contribution in [0.2, 0.25) is 0 Å².